The van der Waals surface area contributed by atoms with Gasteiger partial charge >= 0.3 is 10.2 Å². The molecule has 14 heavy (non-hydrogen) atoms. The molecule has 0 saturated carbocycles. The number of hydrogen-bond acceptors (Lipinski definition) is 4. The lowest BCUT2D eigenvalue weighted by Gasteiger charge is -2.13. The molecule has 0 amide bonds. The molecular formula is C6H13N5O2S. The summed E-state index contributed by atoms with van der Waals surface area (Å²) in [5, 5.41) is 3.81. The topological polar surface area (TPSA) is 93.2 Å². The first-order valence-corrected chi connectivity index (χ1v) is 5.26. The summed E-state index contributed by atoms with van der Waals surface area (Å²) in [4.78, 5) is 0. The second-order valence-electron chi connectivity index (χ2n) is 2.96. The van der Waals surface area contributed by atoms with E-state index >= 15 is 0 Å². The Bertz CT molecular complexity index is 402. The standard InChI is InChI=1S/C6H13N5O2S/c1-10(2)14(12,13)9-6-5(7)4-8-11(6)3/h4,9H,7H2,1-3H3. The Morgan fingerprint density at radius 3 is 2.50 bits per heavy atom. The lowest BCUT2D eigenvalue weighted by atomic mass is 10.5. The quantitative estimate of drug-likeness (QED) is 0.697. The van der Waals surface area contributed by atoms with Gasteiger partial charge < -0.3 is 5.73 Å². The van der Waals surface area contributed by atoms with E-state index in [4.69, 9.17) is 5.73 Å². The first kappa shape index (κ1) is 10.8. The Kier molecular flexibility index (Phi) is 2.67. The van der Waals surface area contributed by atoms with E-state index < -0.39 is 10.2 Å². The fourth-order valence-electron chi connectivity index (χ4n) is 0.793. The maximum Gasteiger partial charge on any atom is 0.302 e. The average Bonchev–Trinajstić information content (AvgIpc) is 2.35. The van der Waals surface area contributed by atoms with Crippen molar-refractivity contribution in [3.8, 4) is 0 Å². The lowest BCUT2D eigenvalue weighted by molar-refractivity contribution is 0.526. The summed E-state index contributed by atoms with van der Waals surface area (Å²) in [7, 11) is 0.928. The summed E-state index contributed by atoms with van der Waals surface area (Å²) in [6, 6.07) is 0. The molecule has 0 radical (unpaired) electrons. The fourth-order valence-corrected chi connectivity index (χ4v) is 1.47. The van der Waals surface area contributed by atoms with Gasteiger partial charge in [-0.05, 0) is 0 Å². The fraction of sp³-hybridized carbons (Fsp3) is 0.500. The number of rotatable bonds is 3. The summed E-state index contributed by atoms with van der Waals surface area (Å²) >= 11 is 0. The van der Waals surface area contributed by atoms with E-state index in [2.05, 4.69) is 9.82 Å². The summed E-state index contributed by atoms with van der Waals surface area (Å²) < 4.78 is 27.6. The smallest absolute Gasteiger partial charge is 0.302 e. The van der Waals surface area contributed by atoms with Gasteiger partial charge in [0.2, 0.25) is 0 Å². The van der Waals surface area contributed by atoms with Crippen LogP contribution in [0.25, 0.3) is 0 Å². The summed E-state index contributed by atoms with van der Waals surface area (Å²) in [6.07, 6.45) is 1.38. The molecule has 0 saturated heterocycles. The molecule has 0 unspecified atom stereocenters. The van der Waals surface area contributed by atoms with Crippen LogP contribution in [0.2, 0.25) is 0 Å². The molecule has 0 spiro atoms. The Morgan fingerprint density at radius 1 is 1.57 bits per heavy atom. The molecule has 80 valence electrons. The molecule has 0 aliphatic carbocycles. The van der Waals surface area contributed by atoms with Crippen molar-refractivity contribution in [3.05, 3.63) is 6.20 Å². The third-order valence-corrected chi connectivity index (χ3v) is 3.09. The Morgan fingerprint density at radius 2 is 2.14 bits per heavy atom. The zero-order valence-corrected chi connectivity index (χ0v) is 9.04. The average molecular weight is 219 g/mol. The van der Waals surface area contributed by atoms with Gasteiger partial charge in [-0.15, -0.1) is 0 Å². The van der Waals surface area contributed by atoms with Crippen LogP contribution in [-0.4, -0.2) is 36.6 Å². The van der Waals surface area contributed by atoms with E-state index in [-0.39, 0.29) is 11.5 Å². The summed E-state index contributed by atoms with van der Waals surface area (Å²) in [5.74, 6) is 0.263. The minimum Gasteiger partial charge on any atom is -0.394 e. The van der Waals surface area contributed by atoms with Gasteiger partial charge in [-0.2, -0.15) is 17.8 Å². The van der Waals surface area contributed by atoms with Crippen LogP contribution in [0.15, 0.2) is 6.20 Å². The first-order chi connectivity index (χ1) is 6.34. The number of hydrogen-bond donors (Lipinski definition) is 2. The molecule has 0 bridgehead atoms. The van der Waals surface area contributed by atoms with E-state index in [1.54, 1.807) is 7.05 Å². The van der Waals surface area contributed by atoms with Gasteiger partial charge in [-0.1, -0.05) is 0 Å². The normalized spacial score (nSPS) is 12.0. The van der Waals surface area contributed by atoms with Crippen LogP contribution in [0.3, 0.4) is 0 Å². The van der Waals surface area contributed by atoms with E-state index in [1.807, 2.05) is 0 Å². The van der Waals surface area contributed by atoms with Crippen LogP contribution in [0.5, 0.6) is 0 Å². The highest BCUT2D eigenvalue weighted by molar-refractivity contribution is 7.90. The van der Waals surface area contributed by atoms with Gasteiger partial charge in [0.25, 0.3) is 0 Å². The molecule has 8 heteroatoms. The molecule has 1 heterocycles. The molecule has 1 aromatic rings. The molecule has 1 rings (SSSR count). The van der Waals surface area contributed by atoms with Crippen molar-refractivity contribution in [2.45, 2.75) is 0 Å². The molecule has 0 fully saturated rings. The molecular weight excluding hydrogens is 206 g/mol. The van der Waals surface area contributed by atoms with Crippen molar-refractivity contribution < 1.29 is 8.42 Å². The molecule has 3 N–H and O–H groups in total. The van der Waals surface area contributed by atoms with Crippen molar-refractivity contribution in [2.24, 2.45) is 7.05 Å². The molecule has 1 aromatic heterocycles. The maximum absolute atomic E-state index is 11.4. The second-order valence-corrected chi connectivity index (χ2v) is 4.85. The number of nitrogens with zero attached hydrogens (tertiary/aromatic N) is 3. The zero-order chi connectivity index (χ0) is 10.9. The molecule has 7 nitrogen and oxygen atoms in total. The van der Waals surface area contributed by atoms with Crippen molar-refractivity contribution in [2.75, 3.05) is 24.6 Å². The van der Waals surface area contributed by atoms with E-state index in [0.717, 1.165) is 4.31 Å². The van der Waals surface area contributed by atoms with Gasteiger partial charge in [0.05, 0.1) is 11.9 Å². The van der Waals surface area contributed by atoms with Gasteiger partial charge in [0.1, 0.15) is 0 Å². The first-order valence-electron chi connectivity index (χ1n) is 3.82. The van der Waals surface area contributed by atoms with Crippen LogP contribution < -0.4 is 10.5 Å². The minimum absolute atomic E-state index is 0.263. The summed E-state index contributed by atoms with van der Waals surface area (Å²) in [6.45, 7) is 0. The van der Waals surface area contributed by atoms with Crippen molar-refractivity contribution >= 4 is 21.7 Å². The Balaban J connectivity index is 3.01. The monoisotopic (exact) mass is 219 g/mol. The van der Waals surface area contributed by atoms with Gasteiger partial charge in [0, 0.05) is 21.1 Å². The lowest BCUT2D eigenvalue weighted by Crippen LogP contribution is -2.30. The molecule has 0 aromatic carbocycles. The third kappa shape index (κ3) is 1.96. The van der Waals surface area contributed by atoms with Gasteiger partial charge in [-0.3, -0.25) is 9.40 Å². The van der Waals surface area contributed by atoms with Crippen LogP contribution >= 0.6 is 0 Å². The van der Waals surface area contributed by atoms with Gasteiger partial charge in [-0.25, -0.2) is 0 Å². The minimum atomic E-state index is -3.52. The number of nitrogens with one attached hydrogen (secondary N) is 1. The van der Waals surface area contributed by atoms with Gasteiger partial charge in [0.15, 0.2) is 5.82 Å². The number of anilines is 2. The highest BCUT2D eigenvalue weighted by Gasteiger charge is 2.16. The predicted molar refractivity (Wildman–Crippen MR) is 53.8 cm³/mol. The maximum atomic E-state index is 11.4. The second kappa shape index (κ2) is 3.46. The number of nitrogens with two attached hydrogens (primary N) is 1. The molecule has 0 aliphatic rings. The van der Waals surface area contributed by atoms with Crippen LogP contribution in [0.4, 0.5) is 11.5 Å². The van der Waals surface area contributed by atoms with E-state index in [9.17, 15) is 8.42 Å². The van der Waals surface area contributed by atoms with Crippen LogP contribution in [0, 0.1) is 0 Å². The third-order valence-electron chi connectivity index (χ3n) is 1.67. The van der Waals surface area contributed by atoms with Crippen LogP contribution in [0.1, 0.15) is 0 Å². The highest BCUT2D eigenvalue weighted by Crippen LogP contribution is 2.17. The number of nitrogen functional groups attached to an aromatic ring is 1. The van der Waals surface area contributed by atoms with Crippen molar-refractivity contribution in [1.82, 2.24) is 14.1 Å². The van der Waals surface area contributed by atoms with Crippen molar-refractivity contribution in [1.29, 1.82) is 0 Å². The Hall–Kier alpha value is -1.28. The van der Waals surface area contributed by atoms with E-state index in [1.165, 1.54) is 25.0 Å². The Labute approximate surface area is 82.7 Å². The van der Waals surface area contributed by atoms with Crippen LogP contribution in [-0.2, 0) is 17.3 Å². The number of aryl methyl sites for hydroxylation is 1. The zero-order valence-electron chi connectivity index (χ0n) is 8.22. The highest BCUT2D eigenvalue weighted by atomic mass is 32.2. The van der Waals surface area contributed by atoms with E-state index in [0.29, 0.717) is 0 Å². The molecule has 0 aliphatic heterocycles. The van der Waals surface area contributed by atoms with Crippen molar-refractivity contribution in [3.63, 3.8) is 0 Å². The predicted octanol–water partition coefficient (Wildman–Crippen LogP) is -0.779. The molecule has 0 atom stereocenters. The largest absolute Gasteiger partial charge is 0.394 e. The SMILES string of the molecule is CN(C)S(=O)(=O)Nc1c(N)cnn1C. The summed E-state index contributed by atoms with van der Waals surface area (Å²) in [5.41, 5.74) is 5.81. The number of aromatic nitrogens is 2.